The van der Waals surface area contributed by atoms with Gasteiger partial charge in [0, 0.05) is 24.6 Å². The number of rotatable bonds is 4. The third kappa shape index (κ3) is 3.13. The fraction of sp³-hybridized carbons (Fsp3) is 0.286. The number of hydrogen-bond acceptors (Lipinski definition) is 3. The van der Waals surface area contributed by atoms with E-state index in [0.29, 0.717) is 6.42 Å². The first-order chi connectivity index (χ1) is 9.10. The van der Waals surface area contributed by atoms with Crippen LogP contribution < -0.4 is 5.32 Å². The second-order valence-corrected chi connectivity index (χ2v) is 4.36. The second kappa shape index (κ2) is 5.56. The lowest BCUT2D eigenvalue weighted by molar-refractivity contribution is -0.144. The molecule has 0 aliphatic rings. The molecule has 5 heteroatoms. The predicted octanol–water partition coefficient (Wildman–Crippen LogP) is 1.39. The number of fused-ring (bicyclic) bond motifs is 1. The van der Waals surface area contributed by atoms with Crippen molar-refractivity contribution in [2.24, 2.45) is 0 Å². The van der Waals surface area contributed by atoms with Crippen LogP contribution in [-0.2, 0) is 20.7 Å². The van der Waals surface area contributed by atoms with Crippen LogP contribution in [0.2, 0.25) is 0 Å². The van der Waals surface area contributed by atoms with Crippen LogP contribution >= 0.6 is 0 Å². The highest BCUT2D eigenvalue weighted by molar-refractivity contribution is 5.84. The summed E-state index contributed by atoms with van der Waals surface area (Å²) in [4.78, 5) is 25.9. The minimum absolute atomic E-state index is 0.258. The summed E-state index contributed by atoms with van der Waals surface area (Å²) in [5.74, 6) is -0.708. The Morgan fingerprint density at radius 2 is 2.11 bits per heavy atom. The van der Waals surface area contributed by atoms with Crippen molar-refractivity contribution in [2.75, 3.05) is 7.11 Å². The van der Waals surface area contributed by atoms with Crippen molar-refractivity contribution in [3.63, 3.8) is 0 Å². The molecule has 0 saturated carbocycles. The number of benzene rings is 1. The van der Waals surface area contributed by atoms with Gasteiger partial charge in [0.25, 0.3) is 0 Å². The van der Waals surface area contributed by atoms with Crippen molar-refractivity contribution >= 4 is 22.8 Å². The van der Waals surface area contributed by atoms with Gasteiger partial charge in [0.05, 0.1) is 7.11 Å². The molecule has 1 aromatic heterocycles. The largest absolute Gasteiger partial charge is 0.467 e. The van der Waals surface area contributed by atoms with Crippen LogP contribution in [0.3, 0.4) is 0 Å². The monoisotopic (exact) mass is 260 g/mol. The lowest BCUT2D eigenvalue weighted by Gasteiger charge is -2.14. The molecular weight excluding hydrogens is 244 g/mol. The molecule has 0 spiro atoms. The van der Waals surface area contributed by atoms with Gasteiger partial charge in [0.2, 0.25) is 5.91 Å². The summed E-state index contributed by atoms with van der Waals surface area (Å²) in [5.41, 5.74) is 1.88. The molecule has 0 bridgehead atoms. The molecule has 1 heterocycles. The molecule has 19 heavy (non-hydrogen) atoms. The first-order valence-corrected chi connectivity index (χ1v) is 6.01. The Hall–Kier alpha value is -2.30. The minimum Gasteiger partial charge on any atom is -0.467 e. The molecule has 0 fully saturated rings. The van der Waals surface area contributed by atoms with Gasteiger partial charge < -0.3 is 15.0 Å². The Morgan fingerprint density at radius 3 is 2.74 bits per heavy atom. The van der Waals surface area contributed by atoms with E-state index in [0.717, 1.165) is 16.6 Å². The summed E-state index contributed by atoms with van der Waals surface area (Å²) in [5, 5.41) is 3.66. The van der Waals surface area contributed by atoms with Crippen LogP contribution in [0, 0.1) is 0 Å². The van der Waals surface area contributed by atoms with Crippen molar-refractivity contribution in [1.29, 1.82) is 0 Å². The third-order valence-electron chi connectivity index (χ3n) is 2.87. The van der Waals surface area contributed by atoms with E-state index in [-0.39, 0.29) is 5.91 Å². The van der Waals surface area contributed by atoms with Gasteiger partial charge in [-0.2, -0.15) is 0 Å². The Bertz CT molecular complexity index is 571. The molecule has 2 rings (SSSR count). The number of carbonyl (C=O) groups excluding carboxylic acids is 2. The molecule has 0 aliphatic heterocycles. The predicted molar refractivity (Wildman–Crippen MR) is 71.6 cm³/mol. The summed E-state index contributed by atoms with van der Waals surface area (Å²) in [6.07, 6.45) is 0.376. The molecule has 1 amide bonds. The number of hydrogen-bond donors (Lipinski definition) is 2. The number of aromatic nitrogens is 1. The zero-order valence-corrected chi connectivity index (χ0v) is 10.9. The van der Waals surface area contributed by atoms with E-state index in [9.17, 15) is 9.59 Å². The van der Waals surface area contributed by atoms with E-state index < -0.39 is 12.0 Å². The normalized spacial score (nSPS) is 12.1. The van der Waals surface area contributed by atoms with E-state index in [4.69, 9.17) is 4.74 Å². The third-order valence-corrected chi connectivity index (χ3v) is 2.87. The van der Waals surface area contributed by atoms with E-state index in [1.807, 2.05) is 30.3 Å². The van der Waals surface area contributed by atoms with Crippen LogP contribution in [-0.4, -0.2) is 30.0 Å². The summed E-state index contributed by atoms with van der Waals surface area (Å²) in [6.45, 7) is 1.38. The van der Waals surface area contributed by atoms with E-state index >= 15 is 0 Å². The van der Waals surface area contributed by atoms with Crippen molar-refractivity contribution in [3.8, 4) is 0 Å². The number of nitrogens with one attached hydrogen (secondary N) is 2. The molecule has 0 aliphatic carbocycles. The first kappa shape index (κ1) is 13.1. The number of ether oxygens (including phenoxy) is 1. The maximum atomic E-state index is 11.6. The Kier molecular flexibility index (Phi) is 3.85. The maximum Gasteiger partial charge on any atom is 0.328 e. The highest BCUT2D eigenvalue weighted by atomic mass is 16.5. The average Bonchev–Trinajstić information content (AvgIpc) is 2.78. The van der Waals surface area contributed by atoms with E-state index in [2.05, 4.69) is 10.3 Å². The van der Waals surface area contributed by atoms with Crippen molar-refractivity contribution in [3.05, 3.63) is 36.0 Å². The molecule has 100 valence electrons. The van der Waals surface area contributed by atoms with Gasteiger partial charge in [-0.25, -0.2) is 4.79 Å². The molecule has 5 nitrogen and oxygen atoms in total. The average molecular weight is 260 g/mol. The van der Waals surface area contributed by atoms with Crippen LogP contribution in [0.25, 0.3) is 10.9 Å². The van der Waals surface area contributed by atoms with Crippen molar-refractivity contribution in [1.82, 2.24) is 10.3 Å². The Labute approximate surface area is 110 Å². The molecule has 1 aromatic carbocycles. The van der Waals surface area contributed by atoms with Gasteiger partial charge >= 0.3 is 5.97 Å². The summed E-state index contributed by atoms with van der Waals surface area (Å²) in [6, 6.07) is 9.13. The lowest BCUT2D eigenvalue weighted by Crippen LogP contribution is -2.42. The van der Waals surface area contributed by atoms with Gasteiger partial charge in [-0.1, -0.05) is 18.2 Å². The van der Waals surface area contributed by atoms with E-state index in [1.165, 1.54) is 14.0 Å². The quantitative estimate of drug-likeness (QED) is 0.816. The lowest BCUT2D eigenvalue weighted by atomic mass is 10.1. The minimum atomic E-state index is -0.671. The number of carbonyl (C=O) groups is 2. The van der Waals surface area contributed by atoms with Crippen LogP contribution in [0.15, 0.2) is 30.3 Å². The molecule has 2 N–H and O–H groups in total. The summed E-state index contributed by atoms with van der Waals surface area (Å²) < 4.78 is 4.69. The second-order valence-electron chi connectivity index (χ2n) is 4.36. The number of aromatic amines is 1. The van der Waals surface area contributed by atoms with Gasteiger partial charge in [0.1, 0.15) is 6.04 Å². The van der Waals surface area contributed by atoms with Gasteiger partial charge in [-0.05, 0) is 17.5 Å². The fourth-order valence-corrected chi connectivity index (χ4v) is 2.04. The smallest absolute Gasteiger partial charge is 0.328 e. The zero-order chi connectivity index (χ0) is 13.8. The summed E-state index contributed by atoms with van der Waals surface area (Å²) >= 11 is 0. The Balaban J connectivity index is 2.20. The summed E-state index contributed by atoms with van der Waals surface area (Å²) in [7, 11) is 1.31. The Morgan fingerprint density at radius 1 is 1.37 bits per heavy atom. The zero-order valence-electron chi connectivity index (χ0n) is 10.9. The fourth-order valence-electron chi connectivity index (χ4n) is 2.04. The molecule has 0 saturated heterocycles. The number of esters is 1. The highest BCUT2D eigenvalue weighted by Gasteiger charge is 2.21. The van der Waals surface area contributed by atoms with Crippen molar-refractivity contribution < 1.29 is 14.3 Å². The number of amides is 1. The van der Waals surface area contributed by atoms with Gasteiger partial charge in [-0.3, -0.25) is 4.79 Å². The molecule has 1 atom stereocenters. The SMILES string of the molecule is COC(=O)C(Cc1cc2ccccc2[nH]1)NC(C)=O. The molecule has 1 unspecified atom stereocenters. The number of methoxy groups -OCH3 is 1. The van der Waals surface area contributed by atoms with E-state index in [1.54, 1.807) is 0 Å². The number of para-hydroxylation sites is 1. The molecule has 0 radical (unpaired) electrons. The highest BCUT2D eigenvalue weighted by Crippen LogP contribution is 2.16. The van der Waals surface area contributed by atoms with Crippen LogP contribution in [0.1, 0.15) is 12.6 Å². The standard InChI is InChI=1S/C14H16N2O3/c1-9(17)15-13(14(18)19-2)8-11-7-10-5-3-4-6-12(10)16-11/h3-7,13,16H,8H2,1-2H3,(H,15,17). The van der Waals surface area contributed by atoms with Gasteiger partial charge in [-0.15, -0.1) is 0 Å². The first-order valence-electron chi connectivity index (χ1n) is 6.01. The molecular formula is C14H16N2O3. The van der Waals surface area contributed by atoms with Crippen LogP contribution in [0.5, 0.6) is 0 Å². The van der Waals surface area contributed by atoms with Crippen LogP contribution in [0.4, 0.5) is 0 Å². The topological polar surface area (TPSA) is 71.2 Å². The molecule has 2 aromatic rings. The maximum absolute atomic E-state index is 11.6. The van der Waals surface area contributed by atoms with Crippen molar-refractivity contribution in [2.45, 2.75) is 19.4 Å². The van der Waals surface area contributed by atoms with Gasteiger partial charge in [0.15, 0.2) is 0 Å². The number of H-pyrrole nitrogens is 1.